The van der Waals surface area contributed by atoms with E-state index in [9.17, 15) is 4.79 Å². The molecule has 5 heteroatoms. The molecule has 1 amide bonds. The molecule has 0 aromatic heterocycles. The van der Waals surface area contributed by atoms with E-state index in [0.29, 0.717) is 12.5 Å². The topological polar surface area (TPSA) is 38.8 Å². The Morgan fingerprint density at radius 2 is 2.24 bits per heavy atom. The van der Waals surface area contributed by atoms with Gasteiger partial charge in [-0.05, 0) is 18.1 Å². The summed E-state index contributed by atoms with van der Waals surface area (Å²) in [6.07, 6.45) is 1.78. The molecule has 0 saturated carbocycles. The maximum atomic E-state index is 12.5. The van der Waals surface area contributed by atoms with Crippen molar-refractivity contribution in [2.24, 2.45) is 0 Å². The number of hydrogen-bond donors (Lipinski definition) is 0. The molecule has 0 N–H and O–H groups in total. The highest BCUT2D eigenvalue weighted by Gasteiger charge is 2.52. The second kappa shape index (κ2) is 4.92. The smallest absolute Gasteiger partial charge is 0.264 e. The molecule has 1 spiro atoms. The standard InChI is InChI=1S/C16H19NO3S/c1-19-12-7-16(21-8-12)9-17(10-16)15(18)14-6-11-4-2-3-5-13(11)20-14/h2-5,12,14H,6-10H2,1H3/t12-,14-/m1/s1. The molecule has 2 atom stereocenters. The Bertz CT molecular complexity index is 545. The van der Waals surface area contributed by atoms with Gasteiger partial charge >= 0.3 is 0 Å². The maximum absolute atomic E-state index is 12.5. The molecule has 3 aliphatic rings. The molecule has 4 nitrogen and oxygen atoms in total. The van der Waals surface area contributed by atoms with Gasteiger partial charge < -0.3 is 14.4 Å². The zero-order valence-corrected chi connectivity index (χ0v) is 12.9. The van der Waals surface area contributed by atoms with E-state index in [0.717, 1.165) is 36.6 Å². The Balaban J connectivity index is 1.37. The van der Waals surface area contributed by atoms with Crippen LogP contribution in [0.4, 0.5) is 0 Å². The number of amides is 1. The van der Waals surface area contributed by atoms with Crippen molar-refractivity contribution >= 4 is 17.7 Å². The van der Waals surface area contributed by atoms with E-state index in [-0.39, 0.29) is 16.8 Å². The molecule has 21 heavy (non-hydrogen) atoms. The Morgan fingerprint density at radius 1 is 1.43 bits per heavy atom. The zero-order chi connectivity index (χ0) is 14.4. The van der Waals surface area contributed by atoms with Crippen molar-refractivity contribution in [1.82, 2.24) is 4.90 Å². The van der Waals surface area contributed by atoms with Crippen molar-refractivity contribution < 1.29 is 14.3 Å². The average molecular weight is 305 g/mol. The monoisotopic (exact) mass is 305 g/mol. The van der Waals surface area contributed by atoms with E-state index in [1.54, 1.807) is 7.11 Å². The summed E-state index contributed by atoms with van der Waals surface area (Å²) in [5.41, 5.74) is 1.14. The molecular weight excluding hydrogens is 286 g/mol. The predicted octanol–water partition coefficient (Wildman–Crippen LogP) is 1.72. The summed E-state index contributed by atoms with van der Waals surface area (Å²) in [5.74, 6) is 2.04. The molecule has 0 unspecified atom stereocenters. The van der Waals surface area contributed by atoms with Crippen LogP contribution in [0, 0.1) is 0 Å². The Kier molecular flexibility index (Phi) is 3.15. The van der Waals surface area contributed by atoms with Gasteiger partial charge in [0.2, 0.25) is 0 Å². The molecule has 0 aliphatic carbocycles. The third-order valence-electron chi connectivity index (χ3n) is 4.70. The Morgan fingerprint density at radius 3 is 2.95 bits per heavy atom. The second-order valence-corrected chi connectivity index (χ2v) is 7.66. The van der Waals surface area contributed by atoms with Crippen molar-refractivity contribution in [3.05, 3.63) is 29.8 Å². The molecule has 0 radical (unpaired) electrons. The highest BCUT2D eigenvalue weighted by atomic mass is 32.2. The fourth-order valence-corrected chi connectivity index (χ4v) is 5.09. The summed E-state index contributed by atoms with van der Waals surface area (Å²) in [7, 11) is 1.77. The predicted molar refractivity (Wildman–Crippen MR) is 81.7 cm³/mol. The van der Waals surface area contributed by atoms with Gasteiger partial charge in [-0.25, -0.2) is 0 Å². The molecular formula is C16H19NO3S. The van der Waals surface area contributed by atoms with Crippen LogP contribution < -0.4 is 4.74 Å². The molecule has 2 fully saturated rings. The lowest BCUT2D eigenvalue weighted by Crippen LogP contribution is -2.63. The second-order valence-electron chi connectivity index (χ2n) is 6.17. The molecule has 1 aromatic rings. The third kappa shape index (κ3) is 2.23. The highest BCUT2D eigenvalue weighted by molar-refractivity contribution is 8.01. The number of methoxy groups -OCH3 is 1. The molecule has 2 saturated heterocycles. The Hall–Kier alpha value is -1.20. The van der Waals surface area contributed by atoms with Crippen LogP contribution in [0.15, 0.2) is 24.3 Å². The zero-order valence-electron chi connectivity index (χ0n) is 12.1. The lowest BCUT2D eigenvalue weighted by Gasteiger charge is -2.48. The fourth-order valence-electron chi connectivity index (χ4n) is 3.50. The summed E-state index contributed by atoms with van der Waals surface area (Å²) < 4.78 is 11.5. The first-order valence-corrected chi connectivity index (χ1v) is 8.38. The lowest BCUT2D eigenvalue weighted by molar-refractivity contribution is -0.143. The first-order valence-electron chi connectivity index (χ1n) is 7.39. The number of carbonyl (C=O) groups excluding carboxylic acids is 1. The van der Waals surface area contributed by atoms with Crippen LogP contribution in [0.25, 0.3) is 0 Å². The van der Waals surface area contributed by atoms with Crippen LogP contribution in [-0.4, -0.2) is 53.7 Å². The molecule has 1 aromatic carbocycles. The van der Waals surface area contributed by atoms with Crippen LogP contribution in [-0.2, 0) is 16.0 Å². The summed E-state index contributed by atoms with van der Waals surface area (Å²) >= 11 is 1.96. The van der Waals surface area contributed by atoms with Crippen LogP contribution in [0.3, 0.4) is 0 Å². The van der Waals surface area contributed by atoms with Gasteiger partial charge in [-0.2, -0.15) is 0 Å². The molecule has 0 bridgehead atoms. The first-order chi connectivity index (χ1) is 10.2. The number of carbonyl (C=O) groups is 1. The van der Waals surface area contributed by atoms with Gasteiger partial charge in [0.15, 0.2) is 6.10 Å². The number of nitrogens with zero attached hydrogens (tertiary/aromatic N) is 1. The van der Waals surface area contributed by atoms with Gasteiger partial charge in [-0.15, -0.1) is 11.8 Å². The van der Waals surface area contributed by atoms with E-state index in [2.05, 4.69) is 0 Å². The van der Waals surface area contributed by atoms with E-state index in [1.807, 2.05) is 40.9 Å². The maximum Gasteiger partial charge on any atom is 0.264 e. The van der Waals surface area contributed by atoms with Gasteiger partial charge in [-0.3, -0.25) is 4.79 Å². The minimum absolute atomic E-state index is 0.137. The number of ether oxygens (including phenoxy) is 2. The minimum atomic E-state index is -0.329. The van der Waals surface area contributed by atoms with Crippen LogP contribution >= 0.6 is 11.8 Å². The summed E-state index contributed by atoms with van der Waals surface area (Å²) in [6.45, 7) is 1.68. The number of fused-ring (bicyclic) bond motifs is 1. The van der Waals surface area contributed by atoms with Crippen molar-refractivity contribution in [1.29, 1.82) is 0 Å². The van der Waals surface area contributed by atoms with Crippen LogP contribution in [0.1, 0.15) is 12.0 Å². The van der Waals surface area contributed by atoms with Gasteiger partial charge in [-0.1, -0.05) is 18.2 Å². The SMILES string of the molecule is CO[C@H]1CSC2(C1)CN(C(=O)[C@H]1Cc3ccccc3O1)C2. The highest BCUT2D eigenvalue weighted by Crippen LogP contribution is 2.46. The van der Waals surface area contributed by atoms with Gasteiger partial charge in [0, 0.05) is 32.4 Å². The molecule has 112 valence electrons. The lowest BCUT2D eigenvalue weighted by atomic mass is 9.92. The van der Waals surface area contributed by atoms with Crippen LogP contribution in [0.2, 0.25) is 0 Å². The molecule has 3 aliphatic heterocycles. The van der Waals surface area contributed by atoms with Crippen molar-refractivity contribution in [3.8, 4) is 5.75 Å². The average Bonchev–Trinajstić information content (AvgIpc) is 3.08. The first kappa shape index (κ1) is 13.5. The normalized spacial score (nSPS) is 29.1. The summed E-state index contributed by atoms with van der Waals surface area (Å²) in [6, 6.07) is 7.92. The molecule has 3 heterocycles. The van der Waals surface area contributed by atoms with Crippen molar-refractivity contribution in [2.75, 3.05) is 26.0 Å². The number of para-hydroxylation sites is 1. The fraction of sp³-hybridized carbons (Fsp3) is 0.562. The van der Waals surface area contributed by atoms with E-state index in [1.165, 1.54) is 0 Å². The Labute approximate surface area is 128 Å². The van der Waals surface area contributed by atoms with E-state index >= 15 is 0 Å². The largest absolute Gasteiger partial charge is 0.480 e. The summed E-state index contributed by atoms with van der Waals surface area (Å²) in [4.78, 5) is 14.5. The number of benzene rings is 1. The van der Waals surface area contributed by atoms with E-state index < -0.39 is 0 Å². The van der Waals surface area contributed by atoms with Crippen molar-refractivity contribution in [3.63, 3.8) is 0 Å². The summed E-state index contributed by atoms with van der Waals surface area (Å²) in [5, 5.41) is 0. The minimum Gasteiger partial charge on any atom is -0.480 e. The van der Waals surface area contributed by atoms with E-state index in [4.69, 9.17) is 9.47 Å². The number of rotatable bonds is 2. The van der Waals surface area contributed by atoms with Crippen molar-refractivity contribution in [2.45, 2.75) is 29.8 Å². The van der Waals surface area contributed by atoms with Gasteiger partial charge in [0.25, 0.3) is 5.91 Å². The van der Waals surface area contributed by atoms with Gasteiger partial charge in [0.05, 0.1) is 10.9 Å². The van der Waals surface area contributed by atoms with Gasteiger partial charge in [0.1, 0.15) is 5.75 Å². The molecule has 4 rings (SSSR count). The quantitative estimate of drug-likeness (QED) is 0.834. The number of likely N-dealkylation sites (tertiary alicyclic amines) is 1. The number of thioether (sulfide) groups is 1. The number of hydrogen-bond acceptors (Lipinski definition) is 4. The van der Waals surface area contributed by atoms with Crippen LogP contribution in [0.5, 0.6) is 5.75 Å². The third-order valence-corrected chi connectivity index (χ3v) is 6.28.